The first kappa shape index (κ1) is 13.5. The minimum Gasteiger partial charge on any atom is -0.492 e. The van der Waals surface area contributed by atoms with Gasteiger partial charge in [-0.3, -0.25) is 4.79 Å². The highest BCUT2D eigenvalue weighted by Crippen LogP contribution is 2.33. The fourth-order valence-corrected chi connectivity index (χ4v) is 1.96. The summed E-state index contributed by atoms with van der Waals surface area (Å²) in [5.41, 5.74) is -0.421. The summed E-state index contributed by atoms with van der Waals surface area (Å²) in [7, 11) is 0. The molecule has 0 bridgehead atoms. The highest BCUT2D eigenvalue weighted by Gasteiger charge is 2.31. The molecule has 0 spiro atoms. The molecule has 1 aliphatic heterocycles. The van der Waals surface area contributed by atoms with E-state index in [4.69, 9.17) is 4.74 Å². The molecule has 0 atom stereocenters. The predicted molar refractivity (Wildman–Crippen MR) is 61.1 cm³/mol. The number of fused-ring (bicyclic) bond motifs is 1. The van der Waals surface area contributed by atoms with Crippen molar-refractivity contribution in [2.45, 2.75) is 19.8 Å². The van der Waals surface area contributed by atoms with Gasteiger partial charge in [0.05, 0.1) is 13.2 Å². The van der Waals surface area contributed by atoms with E-state index >= 15 is 0 Å². The molecule has 1 aromatic rings. The van der Waals surface area contributed by atoms with Gasteiger partial charge in [0.2, 0.25) is 0 Å². The van der Waals surface area contributed by atoms with E-state index in [0.29, 0.717) is 18.9 Å². The molecule has 1 heterocycles. The molecule has 102 valence electrons. The van der Waals surface area contributed by atoms with Crippen LogP contribution in [-0.2, 0) is 16.0 Å². The number of halogens is 2. The van der Waals surface area contributed by atoms with Crippen LogP contribution in [0.5, 0.6) is 5.75 Å². The molecule has 0 radical (unpaired) electrons. The number of hydrogen-bond acceptors (Lipinski definition) is 4. The minimum atomic E-state index is -1.18. The van der Waals surface area contributed by atoms with Crippen molar-refractivity contribution in [2.75, 3.05) is 13.2 Å². The van der Waals surface area contributed by atoms with E-state index in [1.165, 1.54) is 6.92 Å². The molecule has 0 N–H and O–H groups in total. The molecule has 6 heteroatoms. The van der Waals surface area contributed by atoms with E-state index in [0.717, 1.165) is 0 Å². The minimum absolute atomic E-state index is 0.00354. The number of rotatable bonds is 3. The second kappa shape index (κ2) is 5.34. The van der Waals surface area contributed by atoms with Crippen LogP contribution in [0.15, 0.2) is 6.07 Å². The largest absolute Gasteiger partial charge is 0.492 e. The van der Waals surface area contributed by atoms with Crippen molar-refractivity contribution in [3.8, 4) is 5.75 Å². The Labute approximate surface area is 108 Å². The smallest absolute Gasteiger partial charge is 0.379 e. The van der Waals surface area contributed by atoms with Crippen LogP contribution in [0, 0.1) is 11.6 Å². The Balaban J connectivity index is 2.51. The Hall–Kier alpha value is -1.98. The third-order valence-corrected chi connectivity index (χ3v) is 2.79. The first-order valence-corrected chi connectivity index (χ1v) is 5.91. The van der Waals surface area contributed by atoms with Gasteiger partial charge in [0.1, 0.15) is 22.9 Å². The van der Waals surface area contributed by atoms with Gasteiger partial charge in [-0.05, 0) is 19.8 Å². The van der Waals surface area contributed by atoms with Gasteiger partial charge in [-0.25, -0.2) is 13.6 Å². The van der Waals surface area contributed by atoms with E-state index in [-0.39, 0.29) is 24.5 Å². The molecule has 4 nitrogen and oxygen atoms in total. The van der Waals surface area contributed by atoms with Crippen LogP contribution in [0.25, 0.3) is 0 Å². The Morgan fingerprint density at radius 2 is 2.11 bits per heavy atom. The fourth-order valence-electron chi connectivity index (χ4n) is 1.96. The van der Waals surface area contributed by atoms with Crippen LogP contribution in [0.1, 0.15) is 29.3 Å². The number of Topliss-reactive ketones (excluding diaryl/α,β-unsaturated/α-hetero) is 1. The van der Waals surface area contributed by atoms with E-state index in [9.17, 15) is 18.4 Å². The molecule has 0 unspecified atom stereocenters. The molecule has 1 aromatic carbocycles. The summed E-state index contributed by atoms with van der Waals surface area (Å²) in [6, 6.07) is 0.597. The number of ketones is 1. The van der Waals surface area contributed by atoms with Gasteiger partial charge in [-0.1, -0.05) is 0 Å². The Bertz CT molecular complexity index is 540. The van der Waals surface area contributed by atoms with E-state index < -0.39 is 29.0 Å². The van der Waals surface area contributed by atoms with Gasteiger partial charge < -0.3 is 9.47 Å². The van der Waals surface area contributed by atoms with Crippen molar-refractivity contribution < 1.29 is 27.8 Å². The fraction of sp³-hybridized carbons (Fsp3) is 0.385. The van der Waals surface area contributed by atoms with Crippen molar-refractivity contribution in [3.63, 3.8) is 0 Å². The van der Waals surface area contributed by atoms with Gasteiger partial charge >= 0.3 is 5.97 Å². The monoisotopic (exact) mass is 270 g/mol. The number of ether oxygens (including phenoxy) is 2. The molecule has 0 saturated heterocycles. The van der Waals surface area contributed by atoms with Gasteiger partial charge in [0.15, 0.2) is 0 Å². The van der Waals surface area contributed by atoms with Crippen molar-refractivity contribution in [2.24, 2.45) is 0 Å². The van der Waals surface area contributed by atoms with Crippen LogP contribution in [0.2, 0.25) is 0 Å². The number of hydrogen-bond donors (Lipinski definition) is 0. The van der Waals surface area contributed by atoms with Crippen LogP contribution in [-0.4, -0.2) is 25.0 Å². The number of benzene rings is 1. The van der Waals surface area contributed by atoms with E-state index in [1.54, 1.807) is 0 Å². The van der Waals surface area contributed by atoms with Gasteiger partial charge in [0, 0.05) is 11.6 Å². The maximum absolute atomic E-state index is 13.7. The zero-order valence-electron chi connectivity index (χ0n) is 10.3. The summed E-state index contributed by atoms with van der Waals surface area (Å²) in [6.45, 7) is 1.77. The summed E-state index contributed by atoms with van der Waals surface area (Å²) < 4.78 is 37.0. The lowest BCUT2D eigenvalue weighted by Crippen LogP contribution is -2.22. The van der Waals surface area contributed by atoms with Crippen LogP contribution >= 0.6 is 0 Å². The predicted octanol–water partition coefficient (Wildman–Crippen LogP) is 2.04. The topological polar surface area (TPSA) is 52.6 Å². The molecule has 0 amide bonds. The van der Waals surface area contributed by atoms with Gasteiger partial charge in [-0.15, -0.1) is 0 Å². The maximum atomic E-state index is 13.7. The second-order valence-electron chi connectivity index (χ2n) is 4.02. The number of esters is 1. The Kier molecular flexibility index (Phi) is 3.78. The molecule has 0 fully saturated rings. The first-order valence-electron chi connectivity index (χ1n) is 5.91. The molecule has 0 aliphatic carbocycles. The second-order valence-corrected chi connectivity index (χ2v) is 4.02. The van der Waals surface area contributed by atoms with Crippen LogP contribution < -0.4 is 4.74 Å². The maximum Gasteiger partial charge on any atom is 0.379 e. The molecular weight excluding hydrogens is 258 g/mol. The third kappa shape index (κ3) is 2.43. The highest BCUT2D eigenvalue weighted by atomic mass is 19.1. The van der Waals surface area contributed by atoms with Crippen molar-refractivity contribution >= 4 is 11.8 Å². The van der Waals surface area contributed by atoms with Crippen molar-refractivity contribution in [3.05, 3.63) is 28.8 Å². The lowest BCUT2D eigenvalue weighted by molar-refractivity contribution is -0.137. The SMILES string of the molecule is CCOC(=O)C(=O)c1c(F)cc(F)c2c1OCCC2. The molecular formula is C13H12F2O4. The third-order valence-electron chi connectivity index (χ3n) is 2.79. The zero-order valence-corrected chi connectivity index (χ0v) is 10.3. The average Bonchev–Trinajstić information content (AvgIpc) is 2.39. The highest BCUT2D eigenvalue weighted by molar-refractivity contribution is 6.41. The van der Waals surface area contributed by atoms with Crippen LogP contribution in [0.3, 0.4) is 0 Å². The average molecular weight is 270 g/mol. The quantitative estimate of drug-likeness (QED) is 0.479. The molecule has 0 aromatic heterocycles. The zero-order chi connectivity index (χ0) is 14.0. The lowest BCUT2D eigenvalue weighted by Gasteiger charge is -2.20. The number of carbonyl (C=O) groups excluding carboxylic acids is 2. The summed E-state index contributed by atoms with van der Waals surface area (Å²) >= 11 is 0. The van der Waals surface area contributed by atoms with E-state index in [2.05, 4.69) is 4.74 Å². The standard InChI is InChI=1S/C13H12F2O4/c1-2-18-13(17)11(16)10-9(15)6-8(14)7-4-3-5-19-12(7)10/h6H,2-5H2,1H3. The van der Waals surface area contributed by atoms with E-state index in [1.807, 2.05) is 0 Å². The van der Waals surface area contributed by atoms with Crippen molar-refractivity contribution in [1.82, 2.24) is 0 Å². The Morgan fingerprint density at radius 3 is 2.79 bits per heavy atom. The van der Waals surface area contributed by atoms with Gasteiger partial charge in [-0.2, -0.15) is 0 Å². The lowest BCUT2D eigenvalue weighted by atomic mass is 9.98. The van der Waals surface area contributed by atoms with Crippen LogP contribution in [0.4, 0.5) is 8.78 Å². The Morgan fingerprint density at radius 1 is 1.37 bits per heavy atom. The normalized spacial score (nSPS) is 13.4. The van der Waals surface area contributed by atoms with Gasteiger partial charge in [0.25, 0.3) is 5.78 Å². The summed E-state index contributed by atoms with van der Waals surface area (Å²) in [4.78, 5) is 23.2. The summed E-state index contributed by atoms with van der Waals surface area (Å²) in [5, 5.41) is 0. The number of carbonyl (C=O) groups is 2. The van der Waals surface area contributed by atoms with Crippen molar-refractivity contribution in [1.29, 1.82) is 0 Å². The summed E-state index contributed by atoms with van der Waals surface area (Å²) in [5.74, 6) is -4.40. The molecule has 19 heavy (non-hydrogen) atoms. The summed E-state index contributed by atoms with van der Waals surface area (Å²) in [6.07, 6.45) is 0.910. The molecule has 2 rings (SSSR count). The molecule has 0 saturated carbocycles. The first-order chi connectivity index (χ1) is 9.06. The molecule has 1 aliphatic rings.